The Kier molecular flexibility index (Phi) is 7.06. The van der Waals surface area contributed by atoms with Gasteiger partial charge in [0.15, 0.2) is 23.0 Å². The third-order valence-corrected chi connectivity index (χ3v) is 7.42. The predicted molar refractivity (Wildman–Crippen MR) is 138 cm³/mol. The Hall–Kier alpha value is -3.76. The molecule has 0 saturated carbocycles. The maximum absolute atomic E-state index is 12.7. The van der Waals surface area contributed by atoms with Gasteiger partial charge in [0.1, 0.15) is 0 Å². The van der Waals surface area contributed by atoms with Crippen molar-refractivity contribution in [3.05, 3.63) is 59.7 Å². The van der Waals surface area contributed by atoms with Crippen molar-refractivity contribution in [1.29, 1.82) is 0 Å². The lowest BCUT2D eigenvalue weighted by atomic mass is 10.1. The number of benzene rings is 2. The molecule has 2 aromatic carbocycles. The highest BCUT2D eigenvalue weighted by atomic mass is 16.7. The molecular formula is C28H32N4O6. The monoisotopic (exact) mass is 520 g/mol. The second-order valence-electron chi connectivity index (χ2n) is 9.91. The summed E-state index contributed by atoms with van der Waals surface area (Å²) in [5, 5.41) is 0. The van der Waals surface area contributed by atoms with Gasteiger partial charge < -0.3 is 28.7 Å². The van der Waals surface area contributed by atoms with Crippen molar-refractivity contribution in [2.24, 2.45) is 0 Å². The maximum atomic E-state index is 12.7. The van der Waals surface area contributed by atoms with Gasteiger partial charge in [0.05, 0.1) is 0 Å². The highest BCUT2D eigenvalue weighted by Gasteiger charge is 2.23. The van der Waals surface area contributed by atoms with E-state index in [1.165, 1.54) is 12.2 Å². The molecule has 2 amide bonds. The van der Waals surface area contributed by atoms with Crippen LogP contribution in [0.25, 0.3) is 0 Å². The first-order valence-corrected chi connectivity index (χ1v) is 13.1. The number of hydrogen-bond acceptors (Lipinski definition) is 8. The molecule has 2 aromatic rings. The van der Waals surface area contributed by atoms with E-state index in [9.17, 15) is 9.59 Å². The lowest BCUT2D eigenvalue weighted by molar-refractivity contribution is -0.130. The molecule has 0 aromatic heterocycles. The summed E-state index contributed by atoms with van der Waals surface area (Å²) in [5.41, 5.74) is 2.33. The van der Waals surface area contributed by atoms with Crippen LogP contribution in [-0.4, -0.2) is 97.4 Å². The van der Waals surface area contributed by atoms with Gasteiger partial charge in [-0.05, 0) is 35.4 Å². The topological polar surface area (TPSA) is 84.0 Å². The molecule has 6 rings (SSSR count). The van der Waals surface area contributed by atoms with E-state index in [0.717, 1.165) is 73.4 Å². The molecule has 0 atom stereocenters. The first-order chi connectivity index (χ1) is 18.6. The van der Waals surface area contributed by atoms with Gasteiger partial charge >= 0.3 is 0 Å². The van der Waals surface area contributed by atoms with Gasteiger partial charge in [-0.3, -0.25) is 19.4 Å². The Morgan fingerprint density at radius 2 is 0.974 bits per heavy atom. The van der Waals surface area contributed by atoms with E-state index in [0.29, 0.717) is 26.2 Å². The summed E-state index contributed by atoms with van der Waals surface area (Å²) in [4.78, 5) is 33.7. The van der Waals surface area contributed by atoms with Crippen LogP contribution in [0.15, 0.2) is 48.6 Å². The van der Waals surface area contributed by atoms with E-state index in [-0.39, 0.29) is 25.4 Å². The van der Waals surface area contributed by atoms with Crippen molar-refractivity contribution in [1.82, 2.24) is 19.6 Å². The highest BCUT2D eigenvalue weighted by Crippen LogP contribution is 2.33. The van der Waals surface area contributed by atoms with Crippen molar-refractivity contribution < 1.29 is 28.5 Å². The smallest absolute Gasteiger partial charge is 0.246 e. The average Bonchev–Trinajstić information content (AvgIpc) is 3.61. The van der Waals surface area contributed by atoms with Crippen LogP contribution in [0.2, 0.25) is 0 Å². The lowest BCUT2D eigenvalue weighted by Crippen LogP contribution is -2.48. The van der Waals surface area contributed by atoms with E-state index in [1.807, 2.05) is 34.1 Å². The number of carbonyl (C=O) groups is 2. The summed E-state index contributed by atoms with van der Waals surface area (Å²) in [6.07, 6.45) is 2.85. The molecule has 4 aliphatic rings. The second kappa shape index (κ2) is 10.9. The lowest BCUT2D eigenvalue weighted by Gasteiger charge is -2.35. The van der Waals surface area contributed by atoms with Crippen molar-refractivity contribution >= 4 is 11.8 Å². The van der Waals surface area contributed by atoms with E-state index >= 15 is 0 Å². The third-order valence-electron chi connectivity index (χ3n) is 7.42. The van der Waals surface area contributed by atoms with Gasteiger partial charge in [-0.25, -0.2) is 0 Å². The van der Waals surface area contributed by atoms with Crippen molar-refractivity contribution in [2.45, 2.75) is 13.1 Å². The van der Waals surface area contributed by atoms with E-state index < -0.39 is 0 Å². The molecule has 0 bridgehead atoms. The minimum Gasteiger partial charge on any atom is -0.454 e. The summed E-state index contributed by atoms with van der Waals surface area (Å²) in [7, 11) is 0. The zero-order valence-electron chi connectivity index (χ0n) is 21.3. The van der Waals surface area contributed by atoms with Gasteiger partial charge in [-0.15, -0.1) is 0 Å². The molecule has 4 aliphatic heterocycles. The minimum atomic E-state index is -0.109. The van der Waals surface area contributed by atoms with Crippen molar-refractivity contribution in [3.63, 3.8) is 0 Å². The molecule has 0 aliphatic carbocycles. The van der Waals surface area contributed by atoms with Gasteiger partial charge in [-0.1, -0.05) is 12.1 Å². The highest BCUT2D eigenvalue weighted by molar-refractivity contribution is 5.96. The van der Waals surface area contributed by atoms with Gasteiger partial charge in [0.25, 0.3) is 0 Å². The number of fused-ring (bicyclic) bond motifs is 2. The third kappa shape index (κ3) is 5.56. The fraction of sp³-hybridized carbons (Fsp3) is 0.429. The number of rotatable bonds is 6. The molecule has 38 heavy (non-hydrogen) atoms. The van der Waals surface area contributed by atoms with Crippen LogP contribution in [0, 0.1) is 0 Å². The first kappa shape index (κ1) is 24.6. The van der Waals surface area contributed by atoms with Gasteiger partial charge in [-0.2, -0.15) is 0 Å². The maximum Gasteiger partial charge on any atom is 0.246 e. The summed E-state index contributed by atoms with van der Waals surface area (Å²) >= 11 is 0. The van der Waals surface area contributed by atoms with E-state index in [2.05, 4.69) is 21.9 Å². The standard InChI is InChI=1S/C28H32N4O6/c33-27(31-11-7-29(8-12-31)17-21-1-3-23-25(15-21)37-19-35-23)5-6-28(34)32-13-9-30(10-14-32)18-22-2-4-24-26(16-22)38-20-36-24/h1-6,15-16H,7-14,17-20H2/b6-5-. The zero-order chi connectivity index (χ0) is 25.9. The minimum absolute atomic E-state index is 0.109. The van der Waals surface area contributed by atoms with Gasteiger partial charge in [0, 0.05) is 77.6 Å². The molecule has 0 N–H and O–H groups in total. The average molecular weight is 521 g/mol. The number of amides is 2. The van der Waals surface area contributed by atoms with Crippen LogP contribution in [0.1, 0.15) is 11.1 Å². The van der Waals surface area contributed by atoms with Crippen LogP contribution < -0.4 is 18.9 Å². The summed E-state index contributed by atoms with van der Waals surface area (Å²) in [6.45, 7) is 7.84. The Labute approximate surface area is 221 Å². The summed E-state index contributed by atoms with van der Waals surface area (Å²) in [5.74, 6) is 2.93. The SMILES string of the molecule is O=C(/C=C\C(=O)N1CCN(Cc2ccc3c(c2)OCO3)CC1)N1CCN(Cc2ccc3c(c2)OCO3)CC1. The number of carbonyl (C=O) groups excluding carboxylic acids is 2. The molecule has 0 spiro atoms. The zero-order valence-corrected chi connectivity index (χ0v) is 21.3. The predicted octanol–water partition coefficient (Wildman–Crippen LogP) is 1.69. The molecule has 4 heterocycles. The van der Waals surface area contributed by atoms with Crippen molar-refractivity contribution in [2.75, 3.05) is 65.9 Å². The fourth-order valence-electron chi connectivity index (χ4n) is 5.20. The fourth-order valence-corrected chi connectivity index (χ4v) is 5.20. The summed E-state index contributed by atoms with van der Waals surface area (Å²) in [6, 6.07) is 12.0. The van der Waals surface area contributed by atoms with E-state index in [4.69, 9.17) is 18.9 Å². The van der Waals surface area contributed by atoms with Crippen LogP contribution in [0.4, 0.5) is 0 Å². The van der Waals surface area contributed by atoms with Gasteiger partial charge in [0.2, 0.25) is 25.4 Å². The molecular weight excluding hydrogens is 488 g/mol. The molecule has 10 nitrogen and oxygen atoms in total. The largest absolute Gasteiger partial charge is 0.454 e. The second-order valence-corrected chi connectivity index (χ2v) is 9.91. The Morgan fingerprint density at radius 3 is 1.39 bits per heavy atom. The molecule has 2 saturated heterocycles. The Morgan fingerprint density at radius 1 is 0.579 bits per heavy atom. The first-order valence-electron chi connectivity index (χ1n) is 13.1. The Balaban J connectivity index is 0.921. The quantitative estimate of drug-likeness (QED) is 0.533. The molecule has 2 fully saturated rings. The number of hydrogen-bond donors (Lipinski definition) is 0. The van der Waals surface area contributed by atoms with E-state index in [1.54, 1.807) is 0 Å². The molecule has 10 heteroatoms. The van der Waals surface area contributed by atoms with Crippen LogP contribution in [-0.2, 0) is 22.7 Å². The number of ether oxygens (including phenoxy) is 4. The summed E-state index contributed by atoms with van der Waals surface area (Å²) < 4.78 is 21.7. The molecule has 0 radical (unpaired) electrons. The van der Waals surface area contributed by atoms with Crippen LogP contribution in [0.3, 0.4) is 0 Å². The van der Waals surface area contributed by atoms with Crippen molar-refractivity contribution in [3.8, 4) is 23.0 Å². The molecule has 0 unspecified atom stereocenters. The number of nitrogens with zero attached hydrogens (tertiary/aromatic N) is 4. The van der Waals surface area contributed by atoms with Crippen LogP contribution >= 0.6 is 0 Å². The molecule has 200 valence electrons. The number of piperazine rings is 2. The van der Waals surface area contributed by atoms with Crippen LogP contribution in [0.5, 0.6) is 23.0 Å². The Bertz CT molecular complexity index is 1120. The normalized spacial score (nSPS) is 19.4.